The molecule has 0 fully saturated rings. The van der Waals surface area contributed by atoms with E-state index in [1.165, 1.54) is 12.1 Å². The Balaban J connectivity index is 2.79. The summed E-state index contributed by atoms with van der Waals surface area (Å²) < 4.78 is 0. The van der Waals surface area contributed by atoms with Gasteiger partial charge in [-0.15, -0.1) is 6.42 Å². The highest BCUT2D eigenvalue weighted by atomic mass is 35.5. The quantitative estimate of drug-likeness (QED) is 0.675. The molecule has 0 bridgehead atoms. The summed E-state index contributed by atoms with van der Waals surface area (Å²) in [5.74, 6) is 2.18. The minimum absolute atomic E-state index is 0.0715. The molecule has 0 aliphatic carbocycles. The summed E-state index contributed by atoms with van der Waals surface area (Å²) >= 11 is 11.5. The Morgan fingerprint density at radius 1 is 1.59 bits per heavy atom. The predicted octanol–water partition coefficient (Wildman–Crippen LogP) is 2.92. The normalized spacial score (nSPS) is 11.6. The molecule has 1 N–H and O–H groups in total. The van der Waals surface area contributed by atoms with Gasteiger partial charge in [0, 0.05) is 0 Å². The molecule has 0 aromatic carbocycles. The highest BCUT2D eigenvalue weighted by Gasteiger charge is 2.14. The van der Waals surface area contributed by atoms with Crippen LogP contribution in [-0.4, -0.2) is 16.9 Å². The third-order valence-corrected chi connectivity index (χ3v) is 2.64. The minimum Gasteiger partial charge on any atom is -0.338 e. The summed E-state index contributed by atoms with van der Waals surface area (Å²) in [6.45, 7) is 1.99. The fraction of sp³-hybridized carbons (Fsp3) is 0.333. The third-order valence-electron chi connectivity index (χ3n) is 2.14. The molecule has 1 atom stereocenters. The fourth-order valence-electron chi connectivity index (χ4n) is 1.30. The van der Waals surface area contributed by atoms with Gasteiger partial charge < -0.3 is 5.32 Å². The van der Waals surface area contributed by atoms with E-state index in [1.54, 1.807) is 0 Å². The van der Waals surface area contributed by atoms with Crippen LogP contribution < -0.4 is 5.32 Å². The van der Waals surface area contributed by atoms with Gasteiger partial charge in [-0.05, 0) is 18.6 Å². The van der Waals surface area contributed by atoms with E-state index in [9.17, 15) is 4.79 Å². The van der Waals surface area contributed by atoms with Gasteiger partial charge in [0.05, 0.1) is 11.6 Å². The highest BCUT2D eigenvalue weighted by Crippen LogP contribution is 2.16. The molecule has 5 heteroatoms. The Bertz CT molecular complexity index is 454. The first-order valence-electron chi connectivity index (χ1n) is 5.17. The number of amides is 1. The van der Waals surface area contributed by atoms with Crippen molar-refractivity contribution in [3.05, 3.63) is 28.0 Å². The van der Waals surface area contributed by atoms with Crippen molar-refractivity contribution in [2.24, 2.45) is 0 Å². The van der Waals surface area contributed by atoms with Crippen LogP contribution in [0.2, 0.25) is 10.3 Å². The van der Waals surface area contributed by atoms with Gasteiger partial charge in [-0.2, -0.15) is 0 Å². The van der Waals surface area contributed by atoms with Crippen molar-refractivity contribution < 1.29 is 4.79 Å². The SMILES string of the molecule is C#CC(CCC)NC(=O)c1ccc(Cl)nc1Cl. The van der Waals surface area contributed by atoms with Crippen molar-refractivity contribution in [2.75, 3.05) is 0 Å². The zero-order valence-corrected chi connectivity index (χ0v) is 10.8. The van der Waals surface area contributed by atoms with Crippen molar-refractivity contribution in [3.63, 3.8) is 0 Å². The Hall–Kier alpha value is -1.24. The number of nitrogens with one attached hydrogen (secondary N) is 1. The van der Waals surface area contributed by atoms with Gasteiger partial charge in [0.1, 0.15) is 10.3 Å². The summed E-state index contributed by atoms with van der Waals surface area (Å²) in [7, 11) is 0. The number of carbonyl (C=O) groups excluding carboxylic acids is 1. The molecule has 0 aliphatic heterocycles. The van der Waals surface area contributed by atoms with Crippen LogP contribution in [0.25, 0.3) is 0 Å². The smallest absolute Gasteiger partial charge is 0.255 e. The second-order valence-corrected chi connectivity index (χ2v) is 4.20. The van der Waals surface area contributed by atoms with Crippen LogP contribution in [0.1, 0.15) is 30.1 Å². The van der Waals surface area contributed by atoms with Crippen LogP contribution in [0.3, 0.4) is 0 Å². The Labute approximate surface area is 111 Å². The molecule has 0 saturated heterocycles. The van der Waals surface area contributed by atoms with Gasteiger partial charge in [0.15, 0.2) is 0 Å². The predicted molar refractivity (Wildman–Crippen MR) is 69.3 cm³/mol. The molecule has 1 aromatic heterocycles. The Morgan fingerprint density at radius 2 is 2.29 bits per heavy atom. The third kappa shape index (κ3) is 3.92. The molecule has 1 unspecified atom stereocenters. The summed E-state index contributed by atoms with van der Waals surface area (Å²) in [5, 5.41) is 3.02. The fourth-order valence-corrected chi connectivity index (χ4v) is 1.73. The first kappa shape index (κ1) is 13.8. The number of terminal acetylenes is 1. The van der Waals surface area contributed by atoms with E-state index < -0.39 is 0 Å². The van der Waals surface area contributed by atoms with E-state index in [4.69, 9.17) is 29.6 Å². The van der Waals surface area contributed by atoms with Crippen LogP contribution in [0.4, 0.5) is 0 Å². The Morgan fingerprint density at radius 3 is 2.82 bits per heavy atom. The number of hydrogen-bond acceptors (Lipinski definition) is 2. The number of pyridine rings is 1. The lowest BCUT2D eigenvalue weighted by Crippen LogP contribution is -2.33. The maximum atomic E-state index is 11.8. The van der Waals surface area contributed by atoms with Crippen LogP contribution in [0.5, 0.6) is 0 Å². The average molecular weight is 271 g/mol. The highest BCUT2D eigenvalue weighted by molar-refractivity contribution is 6.34. The van der Waals surface area contributed by atoms with Gasteiger partial charge in [-0.3, -0.25) is 4.79 Å². The standard InChI is InChI=1S/C12H12Cl2N2O/c1-3-5-8(4-2)15-12(17)9-6-7-10(13)16-11(9)14/h2,6-8H,3,5H2,1H3,(H,15,17). The van der Waals surface area contributed by atoms with E-state index in [1.807, 2.05) is 6.92 Å². The van der Waals surface area contributed by atoms with Crippen LogP contribution >= 0.6 is 23.2 Å². The number of halogens is 2. The van der Waals surface area contributed by atoms with Crippen molar-refractivity contribution in [3.8, 4) is 12.3 Å². The lowest BCUT2D eigenvalue weighted by Gasteiger charge is -2.12. The number of nitrogens with zero attached hydrogens (tertiary/aromatic N) is 1. The largest absolute Gasteiger partial charge is 0.338 e. The van der Waals surface area contributed by atoms with E-state index in [0.29, 0.717) is 0 Å². The second-order valence-electron chi connectivity index (χ2n) is 3.45. The topological polar surface area (TPSA) is 42.0 Å². The summed E-state index contributed by atoms with van der Waals surface area (Å²) in [6, 6.07) is 2.73. The molecule has 17 heavy (non-hydrogen) atoms. The number of hydrogen-bond donors (Lipinski definition) is 1. The average Bonchev–Trinajstić information content (AvgIpc) is 2.28. The minimum atomic E-state index is -0.337. The van der Waals surface area contributed by atoms with Crippen LogP contribution in [-0.2, 0) is 0 Å². The molecule has 0 spiro atoms. The molecule has 0 aliphatic rings. The van der Waals surface area contributed by atoms with Crippen molar-refractivity contribution >= 4 is 29.1 Å². The Kier molecular flexibility index (Phi) is 5.27. The van der Waals surface area contributed by atoms with Gasteiger partial charge in [-0.25, -0.2) is 4.98 Å². The van der Waals surface area contributed by atoms with Gasteiger partial charge in [0.25, 0.3) is 5.91 Å². The number of aromatic nitrogens is 1. The first-order chi connectivity index (χ1) is 8.08. The molecular formula is C12H12Cl2N2O. The monoisotopic (exact) mass is 270 g/mol. The molecule has 3 nitrogen and oxygen atoms in total. The molecule has 0 saturated carbocycles. The lowest BCUT2D eigenvalue weighted by molar-refractivity contribution is 0.0944. The maximum absolute atomic E-state index is 11.8. The van der Waals surface area contributed by atoms with Crippen molar-refractivity contribution in [2.45, 2.75) is 25.8 Å². The van der Waals surface area contributed by atoms with Gasteiger partial charge in [0.2, 0.25) is 0 Å². The second kappa shape index (κ2) is 6.48. The van der Waals surface area contributed by atoms with E-state index in [2.05, 4.69) is 16.2 Å². The summed E-state index contributed by atoms with van der Waals surface area (Å²) in [4.78, 5) is 15.6. The molecule has 1 rings (SSSR count). The molecule has 0 radical (unpaired) electrons. The summed E-state index contributed by atoms with van der Waals surface area (Å²) in [6.07, 6.45) is 6.93. The van der Waals surface area contributed by atoms with E-state index >= 15 is 0 Å². The van der Waals surface area contributed by atoms with Crippen LogP contribution in [0.15, 0.2) is 12.1 Å². The first-order valence-corrected chi connectivity index (χ1v) is 5.93. The lowest BCUT2D eigenvalue weighted by atomic mass is 10.1. The van der Waals surface area contributed by atoms with Gasteiger partial charge >= 0.3 is 0 Å². The maximum Gasteiger partial charge on any atom is 0.255 e. The molecule has 1 heterocycles. The van der Waals surface area contributed by atoms with Crippen molar-refractivity contribution in [1.82, 2.24) is 10.3 Å². The molecule has 1 aromatic rings. The molecular weight excluding hydrogens is 259 g/mol. The van der Waals surface area contributed by atoms with Crippen LogP contribution in [0, 0.1) is 12.3 Å². The molecule has 1 amide bonds. The zero-order chi connectivity index (χ0) is 12.8. The zero-order valence-electron chi connectivity index (χ0n) is 9.34. The van der Waals surface area contributed by atoms with Gasteiger partial charge in [-0.1, -0.05) is 42.5 Å². The summed E-state index contributed by atoms with van der Waals surface area (Å²) in [5.41, 5.74) is 0.271. The number of carbonyl (C=O) groups is 1. The van der Waals surface area contributed by atoms with Crippen molar-refractivity contribution in [1.29, 1.82) is 0 Å². The van der Waals surface area contributed by atoms with E-state index in [-0.39, 0.29) is 27.8 Å². The van der Waals surface area contributed by atoms with E-state index in [0.717, 1.165) is 12.8 Å². The number of rotatable bonds is 4. The molecule has 90 valence electrons.